The summed E-state index contributed by atoms with van der Waals surface area (Å²) < 4.78 is 74.0. The Balaban J connectivity index is 2.18. The minimum absolute atomic E-state index is 0.105. The number of hydrogen-bond acceptors (Lipinski definition) is 3. The van der Waals surface area contributed by atoms with Gasteiger partial charge in [0.25, 0.3) is 5.91 Å². The average molecular weight is 354 g/mol. The molecule has 0 aliphatic carbocycles. The SMILES string of the molecule is O=C(NCC(F)(F)F)c1csc(-c2cccc(C(F)(F)F)c2)n1. The number of alkyl halides is 6. The van der Waals surface area contributed by atoms with Crippen LogP contribution in [0.5, 0.6) is 0 Å². The van der Waals surface area contributed by atoms with Gasteiger partial charge in [-0.25, -0.2) is 4.98 Å². The van der Waals surface area contributed by atoms with Crippen LogP contribution in [0, 0.1) is 0 Å². The molecule has 124 valence electrons. The van der Waals surface area contributed by atoms with E-state index in [0.717, 1.165) is 23.5 Å². The molecule has 1 heterocycles. The van der Waals surface area contributed by atoms with Gasteiger partial charge >= 0.3 is 12.4 Å². The molecule has 0 bridgehead atoms. The van der Waals surface area contributed by atoms with Gasteiger partial charge in [-0.2, -0.15) is 26.3 Å². The third-order valence-corrected chi connectivity index (χ3v) is 3.51. The zero-order valence-corrected chi connectivity index (χ0v) is 11.9. The van der Waals surface area contributed by atoms with E-state index in [1.54, 1.807) is 5.32 Å². The van der Waals surface area contributed by atoms with Crippen LogP contribution >= 0.6 is 11.3 Å². The van der Waals surface area contributed by atoms with Gasteiger partial charge in [0.05, 0.1) is 5.56 Å². The highest BCUT2D eigenvalue weighted by Gasteiger charge is 2.31. The molecule has 1 N–H and O–H groups in total. The minimum Gasteiger partial charge on any atom is -0.342 e. The molecule has 0 radical (unpaired) electrons. The fraction of sp³-hybridized carbons (Fsp3) is 0.231. The Bertz CT molecular complexity index is 707. The first-order valence-corrected chi connectivity index (χ1v) is 6.92. The number of aromatic nitrogens is 1. The summed E-state index contributed by atoms with van der Waals surface area (Å²) in [6, 6.07) is 4.29. The third-order valence-electron chi connectivity index (χ3n) is 2.62. The molecule has 2 aromatic rings. The second kappa shape index (κ2) is 6.19. The lowest BCUT2D eigenvalue weighted by molar-refractivity contribution is -0.137. The molecule has 2 rings (SSSR count). The number of nitrogens with one attached hydrogen (secondary N) is 1. The van der Waals surface area contributed by atoms with Crippen LogP contribution in [-0.4, -0.2) is 23.6 Å². The highest BCUT2D eigenvalue weighted by atomic mass is 32.1. The largest absolute Gasteiger partial charge is 0.416 e. The predicted octanol–water partition coefficient (Wildman–Crippen LogP) is 4.12. The van der Waals surface area contributed by atoms with Gasteiger partial charge < -0.3 is 5.32 Å². The van der Waals surface area contributed by atoms with Crippen LogP contribution in [0.4, 0.5) is 26.3 Å². The molecule has 10 heteroatoms. The van der Waals surface area contributed by atoms with E-state index in [9.17, 15) is 31.1 Å². The van der Waals surface area contributed by atoms with Crippen LogP contribution in [0.25, 0.3) is 10.6 Å². The lowest BCUT2D eigenvalue weighted by Crippen LogP contribution is -2.33. The van der Waals surface area contributed by atoms with E-state index >= 15 is 0 Å². The van der Waals surface area contributed by atoms with Gasteiger partial charge in [-0.3, -0.25) is 4.79 Å². The van der Waals surface area contributed by atoms with E-state index < -0.39 is 30.4 Å². The van der Waals surface area contributed by atoms with Crippen LogP contribution < -0.4 is 5.32 Å². The molecule has 23 heavy (non-hydrogen) atoms. The summed E-state index contributed by atoms with van der Waals surface area (Å²) in [6.07, 6.45) is -9.09. The van der Waals surface area contributed by atoms with E-state index in [0.29, 0.717) is 0 Å². The van der Waals surface area contributed by atoms with E-state index in [1.165, 1.54) is 17.5 Å². The number of rotatable bonds is 3. The van der Waals surface area contributed by atoms with Crippen molar-refractivity contribution in [3.05, 3.63) is 40.9 Å². The van der Waals surface area contributed by atoms with Gasteiger partial charge in [0.1, 0.15) is 17.2 Å². The number of hydrogen-bond donors (Lipinski definition) is 1. The molecule has 0 aliphatic heterocycles. The molecule has 0 spiro atoms. The van der Waals surface area contributed by atoms with Gasteiger partial charge in [-0.05, 0) is 12.1 Å². The van der Waals surface area contributed by atoms with E-state index in [4.69, 9.17) is 0 Å². The Morgan fingerprint density at radius 3 is 2.48 bits per heavy atom. The van der Waals surface area contributed by atoms with E-state index in [1.807, 2.05) is 0 Å². The smallest absolute Gasteiger partial charge is 0.342 e. The monoisotopic (exact) mass is 354 g/mol. The predicted molar refractivity (Wildman–Crippen MR) is 70.9 cm³/mol. The van der Waals surface area contributed by atoms with Crippen molar-refractivity contribution in [2.45, 2.75) is 12.4 Å². The molecule has 0 unspecified atom stereocenters. The van der Waals surface area contributed by atoms with Crippen molar-refractivity contribution < 1.29 is 31.1 Å². The van der Waals surface area contributed by atoms with Crippen LogP contribution in [0.2, 0.25) is 0 Å². The Labute approximate surface area is 130 Å². The lowest BCUT2D eigenvalue weighted by atomic mass is 10.1. The summed E-state index contributed by atoms with van der Waals surface area (Å²) in [7, 11) is 0. The van der Waals surface area contributed by atoms with Crippen LogP contribution in [0.3, 0.4) is 0 Å². The molecule has 1 aromatic carbocycles. The average Bonchev–Trinajstić information content (AvgIpc) is 2.93. The number of halogens is 6. The standard InChI is InChI=1S/C13H8F6N2OS/c14-12(15,16)6-20-10(22)9-5-23-11(21-9)7-2-1-3-8(4-7)13(17,18)19/h1-5H,6H2,(H,20,22). The van der Waals surface area contributed by atoms with Crippen LogP contribution in [-0.2, 0) is 6.18 Å². The Morgan fingerprint density at radius 2 is 1.87 bits per heavy atom. The summed E-state index contributed by atoms with van der Waals surface area (Å²) >= 11 is 0.863. The Morgan fingerprint density at radius 1 is 1.17 bits per heavy atom. The molecular formula is C13H8F6N2OS. The molecule has 0 saturated heterocycles. The maximum absolute atomic E-state index is 12.6. The molecule has 3 nitrogen and oxygen atoms in total. The molecule has 0 aliphatic rings. The second-order valence-corrected chi connectivity index (χ2v) is 5.27. The Kier molecular flexibility index (Phi) is 4.64. The van der Waals surface area contributed by atoms with Crippen LogP contribution in [0.1, 0.15) is 16.1 Å². The molecular weight excluding hydrogens is 346 g/mol. The van der Waals surface area contributed by atoms with Gasteiger partial charge in [0.15, 0.2) is 0 Å². The van der Waals surface area contributed by atoms with E-state index in [2.05, 4.69) is 4.98 Å². The minimum atomic E-state index is -4.56. The fourth-order valence-corrected chi connectivity index (χ4v) is 2.41. The normalized spacial score (nSPS) is 12.3. The van der Waals surface area contributed by atoms with E-state index in [-0.39, 0.29) is 16.3 Å². The quantitative estimate of drug-likeness (QED) is 0.843. The number of benzene rings is 1. The second-order valence-electron chi connectivity index (χ2n) is 4.41. The van der Waals surface area contributed by atoms with Gasteiger partial charge in [0.2, 0.25) is 0 Å². The molecule has 0 atom stereocenters. The summed E-state index contributed by atoms with van der Waals surface area (Å²) in [5, 5.41) is 2.93. The fourth-order valence-electron chi connectivity index (χ4n) is 1.61. The number of carbonyl (C=O) groups is 1. The topological polar surface area (TPSA) is 42.0 Å². The summed E-state index contributed by atoms with van der Waals surface area (Å²) in [6.45, 7) is -1.51. The summed E-state index contributed by atoms with van der Waals surface area (Å²) in [5.41, 5.74) is -1.04. The van der Waals surface area contributed by atoms with Crippen molar-refractivity contribution >= 4 is 17.2 Å². The summed E-state index contributed by atoms with van der Waals surface area (Å²) in [5.74, 6) is -1.04. The molecule has 0 fully saturated rings. The number of amides is 1. The van der Waals surface area contributed by atoms with Crippen LogP contribution in [0.15, 0.2) is 29.6 Å². The summed E-state index contributed by atoms with van der Waals surface area (Å²) in [4.78, 5) is 15.3. The highest BCUT2D eigenvalue weighted by molar-refractivity contribution is 7.13. The first kappa shape index (κ1) is 17.3. The first-order valence-electron chi connectivity index (χ1n) is 6.04. The molecule has 0 saturated carbocycles. The van der Waals surface area contributed by atoms with Gasteiger partial charge in [-0.1, -0.05) is 12.1 Å². The maximum Gasteiger partial charge on any atom is 0.416 e. The first-order chi connectivity index (χ1) is 10.6. The molecule has 1 amide bonds. The van der Waals surface area contributed by atoms with Gasteiger partial charge in [-0.15, -0.1) is 11.3 Å². The highest BCUT2D eigenvalue weighted by Crippen LogP contribution is 2.33. The van der Waals surface area contributed by atoms with Crippen molar-refractivity contribution in [1.29, 1.82) is 0 Å². The van der Waals surface area contributed by atoms with Crippen molar-refractivity contribution in [3.8, 4) is 10.6 Å². The third kappa shape index (κ3) is 4.68. The van der Waals surface area contributed by atoms with Crippen molar-refractivity contribution in [2.24, 2.45) is 0 Å². The zero-order chi connectivity index (χ0) is 17.3. The van der Waals surface area contributed by atoms with Crippen molar-refractivity contribution in [2.75, 3.05) is 6.54 Å². The maximum atomic E-state index is 12.6. The van der Waals surface area contributed by atoms with Crippen molar-refractivity contribution in [1.82, 2.24) is 10.3 Å². The number of thiazole rings is 1. The number of carbonyl (C=O) groups excluding carboxylic acids is 1. The van der Waals surface area contributed by atoms with Crippen molar-refractivity contribution in [3.63, 3.8) is 0 Å². The Hall–Kier alpha value is -2.10. The number of nitrogens with zero attached hydrogens (tertiary/aromatic N) is 1. The lowest BCUT2D eigenvalue weighted by Gasteiger charge is -2.07. The molecule has 1 aromatic heterocycles. The zero-order valence-electron chi connectivity index (χ0n) is 11.1. The van der Waals surface area contributed by atoms with Gasteiger partial charge in [0, 0.05) is 10.9 Å².